The van der Waals surface area contributed by atoms with Gasteiger partial charge in [-0.2, -0.15) is 13.2 Å². The molecule has 1 aromatic carbocycles. The summed E-state index contributed by atoms with van der Waals surface area (Å²) >= 11 is 0. The number of hydrogen-bond acceptors (Lipinski definition) is 3. The lowest BCUT2D eigenvalue weighted by Gasteiger charge is -2.14. The van der Waals surface area contributed by atoms with Crippen LogP contribution in [0.4, 0.5) is 13.2 Å². The van der Waals surface area contributed by atoms with Crippen molar-refractivity contribution in [1.82, 2.24) is 0 Å². The number of rotatable bonds is 9. The van der Waals surface area contributed by atoms with Gasteiger partial charge in [0, 0.05) is 6.61 Å². The van der Waals surface area contributed by atoms with Gasteiger partial charge < -0.3 is 14.6 Å². The molecule has 1 N–H and O–H groups in total. The highest BCUT2D eigenvalue weighted by Crippen LogP contribution is 2.36. The third kappa shape index (κ3) is 5.93. The molecule has 0 aliphatic carbocycles. The Morgan fingerprint density at radius 1 is 1.18 bits per heavy atom. The van der Waals surface area contributed by atoms with Crippen molar-refractivity contribution in [2.75, 3.05) is 19.8 Å². The van der Waals surface area contributed by atoms with Gasteiger partial charge in [-0.05, 0) is 24.6 Å². The van der Waals surface area contributed by atoms with E-state index >= 15 is 0 Å². The summed E-state index contributed by atoms with van der Waals surface area (Å²) in [6.07, 6.45) is -1.68. The molecule has 0 radical (unpaired) electrons. The number of carboxylic acid groups (broad SMARTS) is 1. The van der Waals surface area contributed by atoms with Crippen LogP contribution < -0.4 is 4.74 Å². The minimum absolute atomic E-state index is 0.0262. The largest absolute Gasteiger partial charge is 0.491 e. The van der Waals surface area contributed by atoms with Crippen molar-refractivity contribution in [3.63, 3.8) is 0 Å². The molecular formula is C15H19F3O4. The summed E-state index contributed by atoms with van der Waals surface area (Å²) in [5, 5.41) is 8.75. The summed E-state index contributed by atoms with van der Waals surface area (Å²) in [5.41, 5.74) is -1.53. The number of alkyl halides is 3. The third-order valence-electron chi connectivity index (χ3n) is 2.91. The number of carboxylic acids is 1. The highest BCUT2D eigenvalue weighted by atomic mass is 19.4. The van der Waals surface area contributed by atoms with Gasteiger partial charge in [0.2, 0.25) is 0 Å². The van der Waals surface area contributed by atoms with E-state index in [9.17, 15) is 18.0 Å². The molecule has 0 bridgehead atoms. The van der Waals surface area contributed by atoms with E-state index in [-0.39, 0.29) is 13.2 Å². The monoisotopic (exact) mass is 320 g/mol. The Hall–Kier alpha value is -1.76. The van der Waals surface area contributed by atoms with Gasteiger partial charge in [0.25, 0.3) is 0 Å². The molecule has 22 heavy (non-hydrogen) atoms. The van der Waals surface area contributed by atoms with E-state index in [4.69, 9.17) is 14.6 Å². The predicted octanol–water partition coefficient (Wildman–Crippen LogP) is 3.99. The Balaban J connectivity index is 2.60. The Bertz CT molecular complexity index is 486. The van der Waals surface area contributed by atoms with Gasteiger partial charge in [-0.1, -0.05) is 19.8 Å². The first kappa shape index (κ1) is 18.3. The summed E-state index contributed by atoms with van der Waals surface area (Å²) in [6, 6.07) is 2.66. The van der Waals surface area contributed by atoms with Crippen LogP contribution in [0.15, 0.2) is 18.2 Å². The molecule has 0 spiro atoms. The highest BCUT2D eigenvalue weighted by Gasteiger charge is 2.35. The first-order valence-electron chi connectivity index (χ1n) is 7.01. The summed E-state index contributed by atoms with van der Waals surface area (Å²) in [7, 11) is 0. The lowest BCUT2D eigenvalue weighted by molar-refractivity contribution is -0.139. The molecule has 0 unspecified atom stereocenters. The van der Waals surface area contributed by atoms with Gasteiger partial charge in [-0.3, -0.25) is 0 Å². The quantitative estimate of drug-likeness (QED) is 0.699. The van der Waals surface area contributed by atoms with Crippen molar-refractivity contribution in [3.05, 3.63) is 29.3 Å². The summed E-state index contributed by atoms with van der Waals surface area (Å²) in [5.74, 6) is -1.81. The maximum absolute atomic E-state index is 12.9. The fourth-order valence-corrected chi connectivity index (χ4v) is 1.78. The lowest BCUT2D eigenvalue weighted by atomic mass is 10.1. The maximum atomic E-state index is 12.9. The normalized spacial score (nSPS) is 11.5. The molecule has 0 heterocycles. The molecule has 0 saturated heterocycles. The minimum atomic E-state index is -4.68. The summed E-state index contributed by atoms with van der Waals surface area (Å²) in [6.45, 7) is 2.76. The first-order chi connectivity index (χ1) is 10.4. The zero-order valence-electron chi connectivity index (χ0n) is 12.3. The van der Waals surface area contributed by atoms with E-state index in [2.05, 4.69) is 6.92 Å². The average molecular weight is 320 g/mol. The van der Waals surface area contributed by atoms with Gasteiger partial charge in [-0.15, -0.1) is 0 Å². The van der Waals surface area contributed by atoms with Crippen LogP contribution in [-0.2, 0) is 10.9 Å². The summed E-state index contributed by atoms with van der Waals surface area (Å²) in [4.78, 5) is 10.7. The van der Waals surface area contributed by atoms with Crippen molar-refractivity contribution in [3.8, 4) is 5.75 Å². The molecular weight excluding hydrogens is 301 g/mol. The smallest absolute Gasteiger partial charge is 0.419 e. The van der Waals surface area contributed by atoms with Crippen LogP contribution in [0.3, 0.4) is 0 Å². The van der Waals surface area contributed by atoms with E-state index in [1.165, 1.54) is 0 Å². The molecule has 7 heteroatoms. The highest BCUT2D eigenvalue weighted by molar-refractivity contribution is 5.88. The van der Waals surface area contributed by atoms with Crippen LogP contribution in [0.25, 0.3) is 0 Å². The second-order valence-electron chi connectivity index (χ2n) is 4.68. The Morgan fingerprint density at radius 2 is 1.91 bits per heavy atom. The SMILES string of the molecule is CCCCCOCCOc1ccc(C(=O)O)cc1C(F)(F)F. The Labute approximate surface area is 126 Å². The van der Waals surface area contributed by atoms with Crippen molar-refractivity contribution in [2.24, 2.45) is 0 Å². The van der Waals surface area contributed by atoms with Crippen LogP contribution in [0, 0.1) is 0 Å². The first-order valence-corrected chi connectivity index (χ1v) is 7.01. The van der Waals surface area contributed by atoms with Crippen LogP contribution >= 0.6 is 0 Å². The van der Waals surface area contributed by atoms with E-state index in [1.54, 1.807) is 0 Å². The number of hydrogen-bond donors (Lipinski definition) is 1. The zero-order valence-corrected chi connectivity index (χ0v) is 12.3. The Morgan fingerprint density at radius 3 is 2.50 bits per heavy atom. The molecule has 0 atom stereocenters. The molecule has 0 amide bonds. The van der Waals surface area contributed by atoms with Crippen LogP contribution in [0.5, 0.6) is 5.75 Å². The number of aromatic carboxylic acids is 1. The van der Waals surface area contributed by atoms with Gasteiger partial charge in [0.05, 0.1) is 17.7 Å². The van der Waals surface area contributed by atoms with Gasteiger partial charge in [0.1, 0.15) is 12.4 Å². The van der Waals surface area contributed by atoms with Crippen molar-refractivity contribution in [1.29, 1.82) is 0 Å². The fourth-order valence-electron chi connectivity index (χ4n) is 1.78. The maximum Gasteiger partial charge on any atom is 0.419 e. The number of ether oxygens (including phenoxy) is 2. The van der Waals surface area contributed by atoms with Gasteiger partial charge in [0.15, 0.2) is 0 Å². The summed E-state index contributed by atoms with van der Waals surface area (Å²) < 4.78 is 49.0. The van der Waals surface area contributed by atoms with E-state index in [1.807, 2.05) is 0 Å². The van der Waals surface area contributed by atoms with Crippen molar-refractivity contribution >= 4 is 5.97 Å². The number of halogens is 3. The molecule has 0 saturated carbocycles. The molecule has 1 aromatic rings. The minimum Gasteiger partial charge on any atom is -0.491 e. The van der Waals surface area contributed by atoms with Crippen molar-refractivity contribution < 1.29 is 32.5 Å². The topological polar surface area (TPSA) is 55.8 Å². The lowest BCUT2D eigenvalue weighted by Crippen LogP contribution is -2.13. The van der Waals surface area contributed by atoms with E-state index < -0.39 is 29.0 Å². The molecule has 0 fully saturated rings. The van der Waals surface area contributed by atoms with Crippen molar-refractivity contribution in [2.45, 2.75) is 32.4 Å². The van der Waals surface area contributed by atoms with Gasteiger partial charge in [-0.25, -0.2) is 4.79 Å². The average Bonchev–Trinajstić information content (AvgIpc) is 2.45. The zero-order chi connectivity index (χ0) is 16.6. The van der Waals surface area contributed by atoms with Crippen LogP contribution in [-0.4, -0.2) is 30.9 Å². The second kappa shape index (κ2) is 8.63. The number of benzene rings is 1. The molecule has 124 valence electrons. The number of unbranched alkanes of at least 4 members (excludes halogenated alkanes) is 2. The second-order valence-corrected chi connectivity index (χ2v) is 4.68. The molecule has 4 nitrogen and oxygen atoms in total. The molecule has 0 aliphatic rings. The molecule has 0 aromatic heterocycles. The van der Waals surface area contributed by atoms with E-state index in [0.717, 1.165) is 31.4 Å². The standard InChI is InChI=1S/C15H19F3O4/c1-2-3-4-7-21-8-9-22-13-6-5-11(14(19)20)10-12(13)15(16,17)18/h5-6,10H,2-4,7-9H2,1H3,(H,19,20). The number of carbonyl (C=O) groups is 1. The van der Waals surface area contributed by atoms with E-state index in [0.29, 0.717) is 12.7 Å². The van der Waals surface area contributed by atoms with Gasteiger partial charge >= 0.3 is 12.1 Å². The predicted molar refractivity (Wildman–Crippen MR) is 74.2 cm³/mol. The fraction of sp³-hybridized carbons (Fsp3) is 0.533. The van der Waals surface area contributed by atoms with Crippen LogP contribution in [0.2, 0.25) is 0 Å². The Kier molecular flexibility index (Phi) is 7.17. The third-order valence-corrected chi connectivity index (χ3v) is 2.91. The van der Waals surface area contributed by atoms with Crippen LogP contribution in [0.1, 0.15) is 42.1 Å². The molecule has 1 rings (SSSR count). The molecule has 0 aliphatic heterocycles.